The average molecular weight is 209 g/mol. The Bertz CT molecular complexity index is 486. The van der Waals surface area contributed by atoms with Crippen molar-refractivity contribution in [2.75, 3.05) is 0 Å². The van der Waals surface area contributed by atoms with Gasteiger partial charge in [0, 0.05) is 11.1 Å². The number of aryl methyl sites for hydroxylation is 1. The Labute approximate surface area is 95.7 Å². The van der Waals surface area contributed by atoms with Gasteiger partial charge in [-0.1, -0.05) is 55.5 Å². The van der Waals surface area contributed by atoms with Gasteiger partial charge in [0.15, 0.2) is 5.78 Å². The summed E-state index contributed by atoms with van der Waals surface area (Å²) in [6, 6.07) is 17.8. The van der Waals surface area contributed by atoms with Crippen molar-refractivity contribution in [3.05, 3.63) is 71.3 Å². The van der Waals surface area contributed by atoms with E-state index in [1.165, 1.54) is 0 Å². The molecule has 2 aromatic rings. The van der Waals surface area contributed by atoms with Crippen LogP contribution in [0.25, 0.3) is 0 Å². The first-order chi connectivity index (χ1) is 7.83. The summed E-state index contributed by atoms with van der Waals surface area (Å²) in [7, 11) is 0. The first kappa shape index (κ1) is 10.6. The number of carbonyl (C=O) groups excluding carboxylic acids is 1. The molecule has 0 saturated heterocycles. The molecule has 0 N–H and O–H groups in total. The molecule has 0 bridgehead atoms. The first-order valence-electron chi connectivity index (χ1n) is 5.41. The SMILES string of the molecule is CCc1ccccc1C(=O)c1cc[c]cc1. The zero-order chi connectivity index (χ0) is 11.4. The van der Waals surface area contributed by atoms with Gasteiger partial charge in [0.2, 0.25) is 0 Å². The van der Waals surface area contributed by atoms with Gasteiger partial charge >= 0.3 is 0 Å². The fourth-order valence-corrected chi connectivity index (χ4v) is 1.74. The molecule has 1 radical (unpaired) electrons. The van der Waals surface area contributed by atoms with Crippen molar-refractivity contribution in [2.24, 2.45) is 0 Å². The van der Waals surface area contributed by atoms with Gasteiger partial charge in [-0.25, -0.2) is 0 Å². The second-order valence-corrected chi connectivity index (χ2v) is 3.63. The van der Waals surface area contributed by atoms with Crippen molar-refractivity contribution < 1.29 is 4.79 Å². The molecule has 1 heteroatoms. The van der Waals surface area contributed by atoms with E-state index >= 15 is 0 Å². The Balaban J connectivity index is 2.42. The third-order valence-electron chi connectivity index (χ3n) is 2.62. The van der Waals surface area contributed by atoms with Crippen LogP contribution in [0.15, 0.2) is 48.5 Å². The fraction of sp³-hybridized carbons (Fsp3) is 0.133. The second-order valence-electron chi connectivity index (χ2n) is 3.63. The first-order valence-corrected chi connectivity index (χ1v) is 5.41. The van der Waals surface area contributed by atoms with Crippen molar-refractivity contribution >= 4 is 5.78 Å². The Morgan fingerprint density at radius 1 is 1.12 bits per heavy atom. The van der Waals surface area contributed by atoms with Crippen LogP contribution in [-0.4, -0.2) is 5.78 Å². The highest BCUT2D eigenvalue weighted by Crippen LogP contribution is 2.14. The Morgan fingerprint density at radius 3 is 2.50 bits per heavy atom. The maximum atomic E-state index is 12.2. The minimum absolute atomic E-state index is 0.0893. The summed E-state index contributed by atoms with van der Waals surface area (Å²) in [6.07, 6.45) is 0.876. The second kappa shape index (κ2) is 4.75. The predicted octanol–water partition coefficient (Wildman–Crippen LogP) is 3.28. The van der Waals surface area contributed by atoms with Gasteiger partial charge in [0.25, 0.3) is 0 Å². The maximum absolute atomic E-state index is 12.2. The molecule has 0 atom stereocenters. The molecule has 0 unspecified atom stereocenters. The molecular weight excluding hydrogens is 196 g/mol. The standard InChI is InChI=1S/C15H13O/c1-2-12-8-6-7-11-14(12)15(16)13-9-4-3-5-10-13/h4-11H,2H2,1H3. The van der Waals surface area contributed by atoms with Crippen LogP contribution in [0.3, 0.4) is 0 Å². The lowest BCUT2D eigenvalue weighted by Gasteiger charge is -2.06. The molecule has 16 heavy (non-hydrogen) atoms. The van der Waals surface area contributed by atoms with Crippen molar-refractivity contribution in [1.82, 2.24) is 0 Å². The predicted molar refractivity (Wildman–Crippen MR) is 64.5 cm³/mol. The summed E-state index contributed by atoms with van der Waals surface area (Å²) < 4.78 is 0. The number of hydrogen-bond acceptors (Lipinski definition) is 1. The van der Waals surface area contributed by atoms with Crippen LogP contribution in [0.1, 0.15) is 28.4 Å². The van der Waals surface area contributed by atoms with E-state index < -0.39 is 0 Å². The third kappa shape index (κ3) is 2.03. The van der Waals surface area contributed by atoms with Crippen LogP contribution >= 0.6 is 0 Å². The van der Waals surface area contributed by atoms with E-state index in [-0.39, 0.29) is 5.78 Å². The molecule has 2 aromatic carbocycles. The van der Waals surface area contributed by atoms with E-state index in [1.807, 2.05) is 24.3 Å². The molecule has 0 aliphatic heterocycles. The Morgan fingerprint density at radius 2 is 1.81 bits per heavy atom. The molecule has 1 nitrogen and oxygen atoms in total. The molecule has 0 aromatic heterocycles. The van der Waals surface area contributed by atoms with E-state index in [0.717, 1.165) is 23.1 Å². The van der Waals surface area contributed by atoms with Crippen molar-refractivity contribution in [3.8, 4) is 0 Å². The van der Waals surface area contributed by atoms with Crippen LogP contribution < -0.4 is 0 Å². The highest BCUT2D eigenvalue weighted by atomic mass is 16.1. The van der Waals surface area contributed by atoms with E-state index in [0.29, 0.717) is 0 Å². The lowest BCUT2D eigenvalue weighted by molar-refractivity contribution is 0.103. The third-order valence-corrected chi connectivity index (χ3v) is 2.62. The van der Waals surface area contributed by atoms with Gasteiger partial charge in [-0.15, -0.1) is 0 Å². The highest BCUT2D eigenvalue weighted by molar-refractivity contribution is 6.09. The Kier molecular flexibility index (Phi) is 3.16. The molecular formula is C15H13O. The summed E-state index contributed by atoms with van der Waals surface area (Å²) in [5.41, 5.74) is 2.62. The molecule has 0 heterocycles. The molecule has 0 amide bonds. The molecule has 0 saturated carbocycles. The van der Waals surface area contributed by atoms with Gasteiger partial charge in [-0.05, 0) is 18.1 Å². The lowest BCUT2D eigenvalue weighted by Crippen LogP contribution is -2.04. The summed E-state index contributed by atoms with van der Waals surface area (Å²) in [6.45, 7) is 2.06. The maximum Gasteiger partial charge on any atom is 0.193 e. The monoisotopic (exact) mass is 209 g/mol. The molecule has 0 fully saturated rings. The largest absolute Gasteiger partial charge is 0.289 e. The van der Waals surface area contributed by atoms with E-state index in [1.54, 1.807) is 24.3 Å². The van der Waals surface area contributed by atoms with Crippen molar-refractivity contribution in [3.63, 3.8) is 0 Å². The van der Waals surface area contributed by atoms with Gasteiger partial charge in [0.1, 0.15) is 0 Å². The number of rotatable bonds is 3. The van der Waals surface area contributed by atoms with Gasteiger partial charge in [0.05, 0.1) is 0 Å². The van der Waals surface area contributed by atoms with E-state index in [9.17, 15) is 4.79 Å². The van der Waals surface area contributed by atoms with Crippen molar-refractivity contribution in [2.45, 2.75) is 13.3 Å². The molecule has 0 spiro atoms. The average Bonchev–Trinajstić information content (AvgIpc) is 2.39. The van der Waals surface area contributed by atoms with Crippen LogP contribution in [0.5, 0.6) is 0 Å². The summed E-state index contributed by atoms with van der Waals surface area (Å²) in [4.78, 5) is 12.2. The van der Waals surface area contributed by atoms with Gasteiger partial charge in [-0.2, -0.15) is 0 Å². The van der Waals surface area contributed by atoms with Gasteiger partial charge in [-0.3, -0.25) is 4.79 Å². The number of ketones is 1. The summed E-state index contributed by atoms with van der Waals surface area (Å²) in [5.74, 6) is 0.0893. The summed E-state index contributed by atoms with van der Waals surface area (Å²) >= 11 is 0. The molecule has 0 aliphatic rings. The highest BCUT2D eigenvalue weighted by Gasteiger charge is 2.11. The molecule has 0 aliphatic carbocycles. The molecule has 79 valence electrons. The fourth-order valence-electron chi connectivity index (χ4n) is 1.74. The number of benzene rings is 2. The summed E-state index contributed by atoms with van der Waals surface area (Å²) in [5, 5.41) is 0. The van der Waals surface area contributed by atoms with Crippen molar-refractivity contribution in [1.29, 1.82) is 0 Å². The number of hydrogen-bond donors (Lipinski definition) is 0. The molecule has 2 rings (SSSR count). The smallest absolute Gasteiger partial charge is 0.193 e. The van der Waals surface area contributed by atoms with Crippen LogP contribution in [0.2, 0.25) is 0 Å². The van der Waals surface area contributed by atoms with Crippen LogP contribution in [-0.2, 0) is 6.42 Å². The quantitative estimate of drug-likeness (QED) is 0.709. The zero-order valence-corrected chi connectivity index (χ0v) is 9.23. The lowest BCUT2D eigenvalue weighted by atomic mass is 9.97. The minimum Gasteiger partial charge on any atom is -0.289 e. The van der Waals surface area contributed by atoms with E-state index in [4.69, 9.17) is 0 Å². The van der Waals surface area contributed by atoms with E-state index in [2.05, 4.69) is 13.0 Å². The Hall–Kier alpha value is -1.89. The zero-order valence-electron chi connectivity index (χ0n) is 9.23. The van der Waals surface area contributed by atoms with Crippen LogP contribution in [0, 0.1) is 6.07 Å². The van der Waals surface area contributed by atoms with Gasteiger partial charge < -0.3 is 0 Å². The number of carbonyl (C=O) groups is 1. The normalized spacial score (nSPS) is 10.1. The topological polar surface area (TPSA) is 17.1 Å². The van der Waals surface area contributed by atoms with Crippen LogP contribution in [0.4, 0.5) is 0 Å². The minimum atomic E-state index is 0.0893.